The number of aromatic nitrogens is 3. The molecule has 28 heavy (non-hydrogen) atoms. The van der Waals surface area contributed by atoms with E-state index in [1.165, 1.54) is 11.3 Å². The molecule has 9 heteroatoms. The molecule has 1 aliphatic heterocycles. The van der Waals surface area contributed by atoms with E-state index in [9.17, 15) is 0 Å². The second kappa shape index (κ2) is 9.70. The number of ether oxygens (including phenoxy) is 1. The van der Waals surface area contributed by atoms with Crippen LogP contribution in [0.4, 0.5) is 0 Å². The highest BCUT2D eigenvalue weighted by molar-refractivity contribution is 5.80. The lowest BCUT2D eigenvalue weighted by Crippen LogP contribution is -2.52. The average Bonchev–Trinajstić information content (AvgIpc) is 3.30. The van der Waals surface area contributed by atoms with Gasteiger partial charge in [-0.15, -0.1) is 0 Å². The Morgan fingerprint density at radius 1 is 1.29 bits per heavy atom. The van der Waals surface area contributed by atoms with Gasteiger partial charge in [0.2, 0.25) is 0 Å². The molecule has 0 atom stereocenters. The second-order valence-electron chi connectivity index (χ2n) is 7.02. The largest absolute Gasteiger partial charge is 0.383 e. The molecular formula is C19H31N7O2. The van der Waals surface area contributed by atoms with Crippen LogP contribution in [0.3, 0.4) is 0 Å². The standard InChI is InChI=1S/C19H31N7O2/c1-15-18(16(2)26(22-15)10-12-27-4)13-21-19(20-3)25-8-6-24(7-9-25)14-17-5-11-28-23-17/h5,11H,6-10,12-14H2,1-4H3,(H,20,21). The molecule has 154 valence electrons. The van der Waals surface area contributed by atoms with Gasteiger partial charge in [0.15, 0.2) is 5.96 Å². The Kier molecular flexibility index (Phi) is 7.05. The molecule has 0 spiro atoms. The van der Waals surface area contributed by atoms with Crippen LogP contribution in [0, 0.1) is 13.8 Å². The third-order valence-electron chi connectivity index (χ3n) is 5.22. The van der Waals surface area contributed by atoms with Gasteiger partial charge in [0, 0.05) is 70.7 Å². The first-order valence-corrected chi connectivity index (χ1v) is 9.71. The average molecular weight is 390 g/mol. The predicted octanol–water partition coefficient (Wildman–Crippen LogP) is 1.03. The molecule has 0 radical (unpaired) electrons. The first-order chi connectivity index (χ1) is 13.6. The molecule has 1 saturated heterocycles. The summed E-state index contributed by atoms with van der Waals surface area (Å²) in [5, 5.41) is 12.1. The zero-order chi connectivity index (χ0) is 19.9. The number of piperazine rings is 1. The Morgan fingerprint density at radius 3 is 2.71 bits per heavy atom. The Morgan fingerprint density at radius 2 is 2.07 bits per heavy atom. The summed E-state index contributed by atoms with van der Waals surface area (Å²) in [6, 6.07) is 1.92. The molecule has 0 bridgehead atoms. The minimum atomic E-state index is 0.662. The van der Waals surface area contributed by atoms with Gasteiger partial charge >= 0.3 is 0 Å². The van der Waals surface area contributed by atoms with E-state index in [-0.39, 0.29) is 0 Å². The number of guanidine groups is 1. The molecule has 0 saturated carbocycles. The molecule has 2 aromatic rings. The smallest absolute Gasteiger partial charge is 0.194 e. The summed E-state index contributed by atoms with van der Waals surface area (Å²) in [5.41, 5.74) is 4.43. The van der Waals surface area contributed by atoms with Gasteiger partial charge < -0.3 is 19.5 Å². The Labute approximate surface area is 166 Å². The van der Waals surface area contributed by atoms with Crippen LogP contribution in [-0.2, 0) is 24.4 Å². The Balaban J connectivity index is 1.52. The molecule has 2 aromatic heterocycles. The molecule has 0 aliphatic carbocycles. The number of nitrogens with zero attached hydrogens (tertiary/aromatic N) is 6. The van der Waals surface area contributed by atoms with Crippen molar-refractivity contribution in [1.29, 1.82) is 0 Å². The van der Waals surface area contributed by atoms with Crippen molar-refractivity contribution in [2.24, 2.45) is 4.99 Å². The molecule has 0 amide bonds. The lowest BCUT2D eigenvalue weighted by atomic mass is 10.2. The maximum absolute atomic E-state index is 5.17. The zero-order valence-electron chi connectivity index (χ0n) is 17.3. The van der Waals surface area contributed by atoms with Gasteiger partial charge in [0.1, 0.15) is 6.26 Å². The highest BCUT2D eigenvalue weighted by atomic mass is 16.5. The van der Waals surface area contributed by atoms with Crippen LogP contribution in [0.1, 0.15) is 22.6 Å². The van der Waals surface area contributed by atoms with Gasteiger partial charge in [-0.25, -0.2) is 0 Å². The molecule has 0 unspecified atom stereocenters. The van der Waals surface area contributed by atoms with Crippen molar-refractivity contribution in [1.82, 2.24) is 30.1 Å². The molecule has 0 aromatic carbocycles. The fraction of sp³-hybridized carbons (Fsp3) is 0.632. The van der Waals surface area contributed by atoms with E-state index in [1.807, 2.05) is 17.8 Å². The van der Waals surface area contributed by atoms with E-state index in [0.717, 1.165) is 63.2 Å². The van der Waals surface area contributed by atoms with Crippen molar-refractivity contribution in [2.75, 3.05) is 46.9 Å². The fourth-order valence-corrected chi connectivity index (χ4v) is 3.55. The fourth-order valence-electron chi connectivity index (χ4n) is 3.55. The number of aryl methyl sites for hydroxylation is 1. The number of nitrogens with one attached hydrogen (secondary N) is 1. The minimum absolute atomic E-state index is 0.662. The van der Waals surface area contributed by atoms with Crippen molar-refractivity contribution in [2.45, 2.75) is 33.5 Å². The Bertz CT molecular complexity index is 762. The molecule has 1 fully saturated rings. The summed E-state index contributed by atoms with van der Waals surface area (Å²) in [4.78, 5) is 9.17. The number of hydrogen-bond donors (Lipinski definition) is 1. The van der Waals surface area contributed by atoms with Crippen LogP contribution in [0.25, 0.3) is 0 Å². The highest BCUT2D eigenvalue weighted by Gasteiger charge is 2.21. The van der Waals surface area contributed by atoms with Crippen molar-refractivity contribution < 1.29 is 9.26 Å². The first kappa shape index (κ1) is 20.3. The number of methoxy groups -OCH3 is 1. The van der Waals surface area contributed by atoms with E-state index in [2.05, 4.69) is 44.2 Å². The van der Waals surface area contributed by atoms with E-state index in [4.69, 9.17) is 9.26 Å². The third-order valence-corrected chi connectivity index (χ3v) is 5.22. The summed E-state index contributed by atoms with van der Waals surface area (Å²) < 4.78 is 12.1. The maximum Gasteiger partial charge on any atom is 0.194 e. The summed E-state index contributed by atoms with van der Waals surface area (Å²) in [6.45, 7) is 11.0. The van der Waals surface area contributed by atoms with E-state index >= 15 is 0 Å². The highest BCUT2D eigenvalue weighted by Crippen LogP contribution is 2.13. The molecule has 1 aliphatic rings. The van der Waals surface area contributed by atoms with Gasteiger partial charge in [-0.2, -0.15) is 5.10 Å². The monoisotopic (exact) mass is 389 g/mol. The first-order valence-electron chi connectivity index (χ1n) is 9.71. The van der Waals surface area contributed by atoms with Crippen LogP contribution >= 0.6 is 0 Å². The second-order valence-corrected chi connectivity index (χ2v) is 7.02. The SMILES string of the molecule is CN=C(NCc1c(C)nn(CCOC)c1C)N1CCN(Cc2ccon2)CC1. The zero-order valence-corrected chi connectivity index (χ0v) is 17.3. The molecule has 1 N–H and O–H groups in total. The van der Waals surface area contributed by atoms with E-state index < -0.39 is 0 Å². The van der Waals surface area contributed by atoms with Crippen LogP contribution < -0.4 is 5.32 Å². The van der Waals surface area contributed by atoms with Gasteiger partial charge in [-0.3, -0.25) is 14.6 Å². The topological polar surface area (TPSA) is 84.0 Å². The van der Waals surface area contributed by atoms with Gasteiger partial charge in [-0.1, -0.05) is 5.16 Å². The van der Waals surface area contributed by atoms with E-state index in [1.54, 1.807) is 13.4 Å². The number of rotatable bonds is 7. The summed E-state index contributed by atoms with van der Waals surface area (Å²) in [6.07, 6.45) is 1.62. The van der Waals surface area contributed by atoms with Gasteiger partial charge in [-0.05, 0) is 13.8 Å². The Hall–Kier alpha value is -2.39. The summed E-state index contributed by atoms with van der Waals surface area (Å²) >= 11 is 0. The normalized spacial score (nSPS) is 16.0. The summed E-state index contributed by atoms with van der Waals surface area (Å²) in [7, 11) is 3.55. The number of hydrogen-bond acceptors (Lipinski definition) is 6. The third kappa shape index (κ3) is 4.90. The van der Waals surface area contributed by atoms with Crippen LogP contribution in [-0.4, -0.2) is 77.6 Å². The summed E-state index contributed by atoms with van der Waals surface area (Å²) in [5.74, 6) is 0.935. The van der Waals surface area contributed by atoms with Crippen molar-refractivity contribution in [3.05, 3.63) is 35.0 Å². The van der Waals surface area contributed by atoms with Gasteiger partial charge in [0.05, 0.1) is 24.5 Å². The van der Waals surface area contributed by atoms with E-state index in [0.29, 0.717) is 6.61 Å². The van der Waals surface area contributed by atoms with Crippen LogP contribution in [0.15, 0.2) is 21.8 Å². The molecule has 9 nitrogen and oxygen atoms in total. The minimum Gasteiger partial charge on any atom is -0.383 e. The lowest BCUT2D eigenvalue weighted by molar-refractivity contribution is 0.169. The lowest BCUT2D eigenvalue weighted by Gasteiger charge is -2.36. The van der Waals surface area contributed by atoms with Crippen LogP contribution in [0.5, 0.6) is 0 Å². The quantitative estimate of drug-likeness (QED) is 0.559. The molecule has 3 rings (SSSR count). The number of aliphatic imine (C=N–C) groups is 1. The predicted molar refractivity (Wildman–Crippen MR) is 107 cm³/mol. The molecule has 3 heterocycles. The molecular weight excluding hydrogens is 358 g/mol. The van der Waals surface area contributed by atoms with Crippen molar-refractivity contribution in [3.63, 3.8) is 0 Å². The van der Waals surface area contributed by atoms with Crippen molar-refractivity contribution >= 4 is 5.96 Å². The van der Waals surface area contributed by atoms with Gasteiger partial charge in [0.25, 0.3) is 0 Å². The van der Waals surface area contributed by atoms with Crippen molar-refractivity contribution in [3.8, 4) is 0 Å². The van der Waals surface area contributed by atoms with Crippen LogP contribution in [0.2, 0.25) is 0 Å². The maximum atomic E-state index is 5.17.